The van der Waals surface area contributed by atoms with E-state index in [0.29, 0.717) is 12.3 Å². The van der Waals surface area contributed by atoms with E-state index in [-0.39, 0.29) is 39.6 Å². The van der Waals surface area contributed by atoms with E-state index in [9.17, 15) is 18.0 Å². The number of hydrogen-bond donors (Lipinski definition) is 1. The Kier molecular flexibility index (Phi) is 12.3. The number of aryl methyl sites for hydroxylation is 1. The molecular weight excluding hydrogens is 606 g/mol. The van der Waals surface area contributed by atoms with Crippen LogP contribution in [0.1, 0.15) is 37.8 Å². The third-order valence-electron chi connectivity index (χ3n) is 7.06. The van der Waals surface area contributed by atoms with Crippen LogP contribution in [0.4, 0.5) is 5.69 Å². The normalized spacial score (nSPS) is 11.8. The summed E-state index contributed by atoms with van der Waals surface area (Å²) in [5.74, 6) is -0.232. The fourth-order valence-corrected chi connectivity index (χ4v) is 6.20. The lowest BCUT2D eigenvalue weighted by molar-refractivity contribution is -0.139. The van der Waals surface area contributed by atoms with Crippen LogP contribution in [-0.4, -0.2) is 65.6 Å². The minimum Gasteiger partial charge on any atom is -0.495 e. The average molecular weight is 646 g/mol. The molecule has 3 aromatic rings. The minimum absolute atomic E-state index is 0.0543. The number of nitrogens with one attached hydrogen (secondary N) is 1. The molecule has 3 aromatic carbocycles. The molecule has 1 atom stereocenters. The summed E-state index contributed by atoms with van der Waals surface area (Å²) < 4.78 is 45.6. The van der Waals surface area contributed by atoms with Crippen LogP contribution in [0.15, 0.2) is 65.6 Å². The van der Waals surface area contributed by atoms with Gasteiger partial charge in [-0.3, -0.25) is 13.9 Å². The van der Waals surface area contributed by atoms with Crippen LogP contribution < -0.4 is 23.8 Å². The van der Waals surface area contributed by atoms with Gasteiger partial charge in [0.1, 0.15) is 18.3 Å². The van der Waals surface area contributed by atoms with Gasteiger partial charge in [0.05, 0.1) is 31.9 Å². The van der Waals surface area contributed by atoms with Crippen LogP contribution >= 0.6 is 11.6 Å². The number of ether oxygens (including phenoxy) is 3. The summed E-state index contributed by atoms with van der Waals surface area (Å²) in [6.45, 7) is 5.47. The number of carbonyl (C=O) groups is 2. The van der Waals surface area contributed by atoms with Crippen LogP contribution in [-0.2, 0) is 26.2 Å². The zero-order valence-electron chi connectivity index (χ0n) is 25.9. The molecule has 0 bridgehead atoms. The number of nitrogens with zero attached hydrogens (tertiary/aromatic N) is 2. The molecule has 3 rings (SSSR count). The molecule has 0 aliphatic heterocycles. The number of carbonyl (C=O) groups excluding carboxylic acids is 2. The number of amides is 2. The second kappa shape index (κ2) is 15.7. The Labute approximate surface area is 264 Å². The van der Waals surface area contributed by atoms with E-state index in [0.717, 1.165) is 28.3 Å². The number of hydrogen-bond acceptors (Lipinski definition) is 7. The number of rotatable bonds is 15. The van der Waals surface area contributed by atoms with E-state index in [1.807, 2.05) is 38.1 Å². The summed E-state index contributed by atoms with van der Waals surface area (Å²) in [4.78, 5) is 28.6. The number of benzene rings is 3. The smallest absolute Gasteiger partial charge is 0.265 e. The van der Waals surface area contributed by atoms with Gasteiger partial charge in [-0.1, -0.05) is 54.8 Å². The molecule has 0 aliphatic rings. The van der Waals surface area contributed by atoms with E-state index in [4.69, 9.17) is 25.8 Å². The van der Waals surface area contributed by atoms with E-state index >= 15 is 0 Å². The molecule has 0 heterocycles. The molecule has 1 N–H and O–H groups in total. The Bertz CT molecular complexity index is 1570. The van der Waals surface area contributed by atoms with Gasteiger partial charge in [0, 0.05) is 24.2 Å². The van der Waals surface area contributed by atoms with Crippen molar-refractivity contribution in [3.63, 3.8) is 0 Å². The van der Waals surface area contributed by atoms with Gasteiger partial charge in [0.2, 0.25) is 11.8 Å². The van der Waals surface area contributed by atoms with Crippen molar-refractivity contribution in [3.8, 4) is 17.2 Å². The molecule has 0 aliphatic carbocycles. The van der Waals surface area contributed by atoms with Crippen molar-refractivity contribution < 1.29 is 32.2 Å². The van der Waals surface area contributed by atoms with Crippen LogP contribution in [0.5, 0.6) is 17.2 Å². The Morgan fingerprint density at radius 2 is 1.61 bits per heavy atom. The lowest BCUT2D eigenvalue weighted by Gasteiger charge is -2.32. The van der Waals surface area contributed by atoms with E-state index in [2.05, 4.69) is 5.32 Å². The largest absolute Gasteiger partial charge is 0.495 e. The molecular formula is C32H40ClN3O7S. The summed E-state index contributed by atoms with van der Waals surface area (Å²) >= 11 is 6.31. The predicted molar refractivity (Wildman–Crippen MR) is 171 cm³/mol. The minimum atomic E-state index is -4.42. The second-order valence-corrected chi connectivity index (χ2v) is 12.5. The summed E-state index contributed by atoms with van der Waals surface area (Å²) in [7, 11) is -0.195. The molecule has 0 saturated carbocycles. The summed E-state index contributed by atoms with van der Waals surface area (Å²) in [6, 6.07) is 15.3. The number of methoxy groups -OCH3 is 3. The van der Waals surface area contributed by atoms with Crippen molar-refractivity contribution in [1.82, 2.24) is 10.2 Å². The number of halogens is 1. The highest BCUT2D eigenvalue weighted by Gasteiger charge is 2.34. The first-order valence-electron chi connectivity index (χ1n) is 14.2. The van der Waals surface area contributed by atoms with Gasteiger partial charge < -0.3 is 24.4 Å². The van der Waals surface area contributed by atoms with Gasteiger partial charge in [-0.05, 0) is 56.2 Å². The molecule has 2 amide bonds. The first-order valence-corrected chi connectivity index (χ1v) is 16.0. The van der Waals surface area contributed by atoms with Crippen molar-refractivity contribution in [3.05, 3.63) is 76.8 Å². The standard InChI is InChI=1S/C32H40ClN3O7S/c1-7-8-16-34-32(38)23(3)35(20-24-11-9-10-22(2)17-24)31(37)21-36(27-18-25(33)12-14-28(27)41-4)44(39,40)26-13-15-29(42-5)30(19-26)43-6/h9-15,17-19,23H,7-8,16,20-21H2,1-6H3,(H,34,38)/t23-/m0/s1. The highest BCUT2D eigenvalue weighted by molar-refractivity contribution is 7.92. The van der Waals surface area contributed by atoms with Crippen LogP contribution in [0.2, 0.25) is 5.02 Å². The molecule has 44 heavy (non-hydrogen) atoms. The zero-order chi connectivity index (χ0) is 32.4. The lowest BCUT2D eigenvalue weighted by Crippen LogP contribution is -2.51. The first-order chi connectivity index (χ1) is 21.0. The average Bonchev–Trinajstić information content (AvgIpc) is 3.01. The van der Waals surface area contributed by atoms with Crippen molar-refractivity contribution in [2.24, 2.45) is 0 Å². The monoisotopic (exact) mass is 645 g/mol. The number of unbranched alkanes of at least 4 members (excludes halogenated alkanes) is 1. The van der Waals surface area contributed by atoms with Gasteiger partial charge in [0.25, 0.3) is 10.0 Å². The Balaban J connectivity index is 2.12. The SMILES string of the molecule is CCCCNC(=O)[C@H](C)N(Cc1cccc(C)c1)C(=O)CN(c1cc(Cl)ccc1OC)S(=O)(=O)c1ccc(OC)c(OC)c1. The lowest BCUT2D eigenvalue weighted by atomic mass is 10.1. The third kappa shape index (κ3) is 8.35. The summed E-state index contributed by atoms with van der Waals surface area (Å²) in [6.07, 6.45) is 1.68. The van der Waals surface area contributed by atoms with E-state index < -0.39 is 28.5 Å². The van der Waals surface area contributed by atoms with Gasteiger partial charge in [0.15, 0.2) is 11.5 Å². The first kappa shape index (κ1) is 34.5. The Hall–Kier alpha value is -3.96. The van der Waals surface area contributed by atoms with Gasteiger partial charge in [-0.25, -0.2) is 8.42 Å². The highest BCUT2D eigenvalue weighted by atomic mass is 35.5. The van der Waals surface area contributed by atoms with Crippen molar-refractivity contribution in [2.75, 3.05) is 38.7 Å². The molecule has 0 spiro atoms. The quantitative estimate of drug-likeness (QED) is 0.226. The third-order valence-corrected chi connectivity index (χ3v) is 9.05. The molecule has 12 heteroatoms. The van der Waals surface area contributed by atoms with Crippen LogP contribution in [0, 0.1) is 6.92 Å². The van der Waals surface area contributed by atoms with Crippen molar-refractivity contribution in [2.45, 2.75) is 51.1 Å². The molecule has 238 valence electrons. The van der Waals surface area contributed by atoms with Crippen molar-refractivity contribution in [1.29, 1.82) is 0 Å². The van der Waals surface area contributed by atoms with Gasteiger partial charge in [-0.2, -0.15) is 0 Å². The molecule has 0 unspecified atom stereocenters. The maximum atomic E-state index is 14.3. The second-order valence-electron chi connectivity index (χ2n) is 10.2. The summed E-state index contributed by atoms with van der Waals surface area (Å²) in [5.41, 5.74) is 1.83. The Morgan fingerprint density at radius 1 is 0.932 bits per heavy atom. The topological polar surface area (TPSA) is 114 Å². The maximum Gasteiger partial charge on any atom is 0.265 e. The molecule has 0 fully saturated rings. The predicted octanol–water partition coefficient (Wildman–Crippen LogP) is 5.20. The molecule has 0 radical (unpaired) electrons. The maximum absolute atomic E-state index is 14.3. The van der Waals surface area contributed by atoms with E-state index in [1.165, 1.54) is 56.6 Å². The Morgan fingerprint density at radius 3 is 2.25 bits per heavy atom. The number of sulfonamides is 1. The zero-order valence-corrected chi connectivity index (χ0v) is 27.5. The number of anilines is 1. The molecule has 10 nitrogen and oxygen atoms in total. The molecule has 0 aromatic heterocycles. The van der Waals surface area contributed by atoms with E-state index in [1.54, 1.807) is 13.0 Å². The fourth-order valence-electron chi connectivity index (χ4n) is 4.60. The fraction of sp³-hybridized carbons (Fsp3) is 0.375. The van der Waals surface area contributed by atoms with Gasteiger partial charge >= 0.3 is 0 Å². The summed E-state index contributed by atoms with van der Waals surface area (Å²) in [5, 5.41) is 3.12. The van der Waals surface area contributed by atoms with Crippen LogP contribution in [0.25, 0.3) is 0 Å². The van der Waals surface area contributed by atoms with Gasteiger partial charge in [-0.15, -0.1) is 0 Å². The molecule has 0 saturated heterocycles. The van der Waals surface area contributed by atoms with Crippen molar-refractivity contribution >= 4 is 39.1 Å². The van der Waals surface area contributed by atoms with Crippen LogP contribution in [0.3, 0.4) is 0 Å². The highest BCUT2D eigenvalue weighted by Crippen LogP contribution is 2.37.